The van der Waals surface area contributed by atoms with Crippen LogP contribution in [0.25, 0.3) is 0 Å². The lowest BCUT2D eigenvalue weighted by Crippen LogP contribution is -2.38. The van der Waals surface area contributed by atoms with Crippen LogP contribution in [0.15, 0.2) is 0 Å². The van der Waals surface area contributed by atoms with Crippen molar-refractivity contribution >= 4 is 0 Å². The molecule has 15 heavy (non-hydrogen) atoms. The molecule has 0 heterocycles. The van der Waals surface area contributed by atoms with Crippen LogP contribution in [0, 0.1) is 11.3 Å². The van der Waals surface area contributed by atoms with Crippen LogP contribution in [-0.2, 0) is 0 Å². The third kappa shape index (κ3) is 2.08. The van der Waals surface area contributed by atoms with Crippen molar-refractivity contribution in [2.24, 2.45) is 11.3 Å². The maximum atomic E-state index is 10.5. The van der Waals surface area contributed by atoms with Crippen LogP contribution >= 0.6 is 0 Å². The summed E-state index contributed by atoms with van der Waals surface area (Å²) in [4.78, 5) is 0. The van der Waals surface area contributed by atoms with Crippen molar-refractivity contribution in [3.05, 3.63) is 0 Å². The van der Waals surface area contributed by atoms with E-state index in [-0.39, 0.29) is 5.60 Å². The Bertz CT molecular complexity index is 226. The van der Waals surface area contributed by atoms with Crippen molar-refractivity contribution in [1.29, 1.82) is 0 Å². The van der Waals surface area contributed by atoms with Gasteiger partial charge < -0.3 is 5.11 Å². The van der Waals surface area contributed by atoms with Gasteiger partial charge in [-0.3, -0.25) is 0 Å². The predicted molar refractivity (Wildman–Crippen MR) is 61.7 cm³/mol. The molecule has 1 N–H and O–H groups in total. The summed E-state index contributed by atoms with van der Waals surface area (Å²) in [6.07, 6.45) is 14.5. The van der Waals surface area contributed by atoms with Crippen molar-refractivity contribution in [2.75, 3.05) is 0 Å². The molecule has 3 saturated carbocycles. The third-order valence-corrected chi connectivity index (χ3v) is 5.27. The van der Waals surface area contributed by atoms with Crippen molar-refractivity contribution in [2.45, 2.75) is 76.2 Å². The normalized spacial score (nSPS) is 33.4. The fourth-order valence-corrected chi connectivity index (χ4v) is 3.93. The van der Waals surface area contributed by atoms with E-state index in [1.165, 1.54) is 51.4 Å². The van der Waals surface area contributed by atoms with E-state index in [0.29, 0.717) is 5.41 Å². The van der Waals surface area contributed by atoms with E-state index in [1.54, 1.807) is 0 Å². The average molecular weight is 208 g/mol. The molecule has 0 saturated heterocycles. The highest BCUT2D eigenvalue weighted by Crippen LogP contribution is 2.53. The van der Waals surface area contributed by atoms with Crippen LogP contribution in [0.1, 0.15) is 70.6 Å². The average Bonchev–Trinajstić information content (AvgIpc) is 2.91. The summed E-state index contributed by atoms with van der Waals surface area (Å²) in [6, 6.07) is 0. The number of hydrogen-bond donors (Lipinski definition) is 1. The monoisotopic (exact) mass is 208 g/mol. The van der Waals surface area contributed by atoms with Crippen LogP contribution in [0.4, 0.5) is 0 Å². The molecular weight excluding hydrogens is 184 g/mol. The highest BCUT2D eigenvalue weighted by molar-refractivity contribution is 4.97. The Morgan fingerprint density at radius 3 is 2.00 bits per heavy atom. The van der Waals surface area contributed by atoms with Crippen molar-refractivity contribution in [3.63, 3.8) is 0 Å². The molecule has 3 rings (SSSR count). The van der Waals surface area contributed by atoms with Gasteiger partial charge in [0.05, 0.1) is 5.60 Å². The van der Waals surface area contributed by atoms with E-state index in [0.717, 1.165) is 25.2 Å². The summed E-state index contributed by atoms with van der Waals surface area (Å²) in [7, 11) is 0. The van der Waals surface area contributed by atoms with Gasteiger partial charge in [-0.1, -0.05) is 25.7 Å². The minimum atomic E-state index is -0.255. The summed E-state index contributed by atoms with van der Waals surface area (Å²) in [5.41, 5.74) is 0.421. The Hall–Kier alpha value is -0.0400. The molecule has 0 atom stereocenters. The Morgan fingerprint density at radius 2 is 1.47 bits per heavy atom. The highest BCUT2D eigenvalue weighted by atomic mass is 16.3. The quantitative estimate of drug-likeness (QED) is 0.734. The fourth-order valence-electron chi connectivity index (χ4n) is 3.93. The van der Waals surface area contributed by atoms with Gasteiger partial charge in [0.15, 0.2) is 0 Å². The second-order valence-corrected chi connectivity index (χ2v) is 6.58. The molecule has 3 fully saturated rings. The number of aliphatic hydroxyl groups is 1. The van der Waals surface area contributed by atoms with E-state index in [4.69, 9.17) is 0 Å². The lowest BCUT2D eigenvalue weighted by Gasteiger charge is -2.42. The summed E-state index contributed by atoms with van der Waals surface area (Å²) < 4.78 is 0. The molecule has 0 radical (unpaired) electrons. The number of hydrogen-bond acceptors (Lipinski definition) is 1. The first-order valence-corrected chi connectivity index (χ1v) is 6.92. The third-order valence-electron chi connectivity index (χ3n) is 5.27. The molecule has 3 aliphatic carbocycles. The largest absolute Gasteiger partial charge is 0.390 e. The van der Waals surface area contributed by atoms with E-state index < -0.39 is 0 Å². The molecule has 0 unspecified atom stereocenters. The predicted octanol–water partition coefficient (Wildman–Crippen LogP) is 3.65. The Balaban J connectivity index is 1.58. The molecule has 3 aliphatic rings. The van der Waals surface area contributed by atoms with Gasteiger partial charge in [-0.05, 0) is 56.3 Å². The Kier molecular flexibility index (Phi) is 2.35. The van der Waals surface area contributed by atoms with Crippen LogP contribution in [0.2, 0.25) is 0 Å². The first-order chi connectivity index (χ1) is 7.20. The van der Waals surface area contributed by atoms with Gasteiger partial charge in [-0.2, -0.15) is 0 Å². The van der Waals surface area contributed by atoms with Crippen molar-refractivity contribution in [1.82, 2.24) is 0 Å². The van der Waals surface area contributed by atoms with Crippen LogP contribution in [-0.4, -0.2) is 10.7 Å². The van der Waals surface area contributed by atoms with Gasteiger partial charge >= 0.3 is 0 Å². The summed E-state index contributed by atoms with van der Waals surface area (Å²) in [6.45, 7) is 0. The van der Waals surface area contributed by atoms with Gasteiger partial charge in [0, 0.05) is 0 Å². The summed E-state index contributed by atoms with van der Waals surface area (Å²) >= 11 is 0. The molecule has 86 valence electrons. The van der Waals surface area contributed by atoms with E-state index in [1.807, 2.05) is 0 Å². The lowest BCUT2D eigenvalue weighted by atomic mass is 9.66. The van der Waals surface area contributed by atoms with Gasteiger partial charge in [-0.15, -0.1) is 0 Å². The first-order valence-electron chi connectivity index (χ1n) is 6.92. The zero-order chi connectivity index (χ0) is 10.4. The molecule has 0 aromatic rings. The maximum Gasteiger partial charge on any atom is 0.0650 e. The topological polar surface area (TPSA) is 20.2 Å². The summed E-state index contributed by atoms with van der Waals surface area (Å²) in [5.74, 6) is 0.882. The number of rotatable bonds is 2. The molecule has 0 aromatic carbocycles. The zero-order valence-corrected chi connectivity index (χ0v) is 9.80. The Labute approximate surface area is 93.3 Å². The van der Waals surface area contributed by atoms with Gasteiger partial charge in [0.1, 0.15) is 0 Å². The molecule has 0 aromatic heterocycles. The molecule has 0 bridgehead atoms. The molecular formula is C14H24O. The zero-order valence-electron chi connectivity index (χ0n) is 9.80. The van der Waals surface area contributed by atoms with Gasteiger partial charge in [0.25, 0.3) is 0 Å². The summed E-state index contributed by atoms with van der Waals surface area (Å²) in [5, 5.41) is 10.5. The smallest absolute Gasteiger partial charge is 0.0650 e. The molecule has 1 heteroatoms. The second kappa shape index (κ2) is 3.48. The van der Waals surface area contributed by atoms with E-state index >= 15 is 0 Å². The Morgan fingerprint density at radius 1 is 0.867 bits per heavy atom. The van der Waals surface area contributed by atoms with Crippen molar-refractivity contribution in [3.8, 4) is 0 Å². The van der Waals surface area contributed by atoms with Crippen LogP contribution in [0.5, 0.6) is 0 Å². The SMILES string of the molecule is OC1(CC2CC2)CCC2(CCCC2)CC1. The second-order valence-electron chi connectivity index (χ2n) is 6.58. The first kappa shape index (κ1) is 10.1. The maximum absolute atomic E-state index is 10.5. The van der Waals surface area contributed by atoms with Crippen LogP contribution in [0.3, 0.4) is 0 Å². The fraction of sp³-hybridized carbons (Fsp3) is 1.00. The molecule has 0 aliphatic heterocycles. The highest BCUT2D eigenvalue weighted by Gasteiger charge is 2.44. The van der Waals surface area contributed by atoms with E-state index in [2.05, 4.69) is 0 Å². The van der Waals surface area contributed by atoms with E-state index in [9.17, 15) is 5.11 Å². The van der Waals surface area contributed by atoms with Gasteiger partial charge in [-0.25, -0.2) is 0 Å². The molecule has 0 amide bonds. The van der Waals surface area contributed by atoms with Gasteiger partial charge in [0.2, 0.25) is 0 Å². The lowest BCUT2D eigenvalue weighted by molar-refractivity contribution is -0.0425. The standard InChI is InChI=1S/C14H24O/c15-14(11-12-3-4-12)9-7-13(8-10-14)5-1-2-6-13/h12,15H,1-11H2. The van der Waals surface area contributed by atoms with Crippen LogP contribution < -0.4 is 0 Å². The van der Waals surface area contributed by atoms with Crippen molar-refractivity contribution < 1.29 is 5.11 Å². The minimum absolute atomic E-state index is 0.255. The molecule has 1 nitrogen and oxygen atoms in total. The molecule has 1 spiro atoms. The minimum Gasteiger partial charge on any atom is -0.390 e.